The van der Waals surface area contributed by atoms with Crippen molar-refractivity contribution in [2.24, 2.45) is 0 Å². The largest absolute Gasteiger partial charge is 0.355 e. The van der Waals surface area contributed by atoms with E-state index in [0.29, 0.717) is 13.0 Å². The predicted molar refractivity (Wildman–Crippen MR) is 107 cm³/mol. The van der Waals surface area contributed by atoms with Crippen LogP contribution in [0.2, 0.25) is 10.0 Å². The summed E-state index contributed by atoms with van der Waals surface area (Å²) in [5.74, 6) is 0.331. The average molecular weight is 378 g/mol. The van der Waals surface area contributed by atoms with Crippen LogP contribution in [0, 0.1) is 0 Å². The maximum absolute atomic E-state index is 12.1. The first-order chi connectivity index (χ1) is 12.1. The normalized spacial score (nSPS) is 12.0. The van der Waals surface area contributed by atoms with E-state index in [4.69, 9.17) is 23.2 Å². The van der Waals surface area contributed by atoms with Gasteiger partial charge < -0.3 is 5.32 Å². The zero-order valence-electron chi connectivity index (χ0n) is 14.6. The lowest BCUT2D eigenvalue weighted by molar-refractivity contribution is -0.121. The number of hydrogen-bond acceptors (Lipinski definition) is 1. The summed E-state index contributed by atoms with van der Waals surface area (Å²) in [6.45, 7) is 2.76. The summed E-state index contributed by atoms with van der Waals surface area (Å²) >= 11 is 12.0. The van der Waals surface area contributed by atoms with Crippen molar-refractivity contribution in [2.75, 3.05) is 6.54 Å². The molecule has 134 valence electrons. The molecular formula is C21H25Cl2NO. The van der Waals surface area contributed by atoms with E-state index in [-0.39, 0.29) is 11.8 Å². The number of carbonyl (C=O) groups is 1. The van der Waals surface area contributed by atoms with Crippen LogP contribution in [0.5, 0.6) is 0 Å². The highest BCUT2D eigenvalue weighted by Crippen LogP contribution is 2.23. The molecule has 0 saturated heterocycles. The molecule has 1 N–H and O–H groups in total. The zero-order chi connectivity index (χ0) is 18.1. The summed E-state index contributed by atoms with van der Waals surface area (Å²) in [6.07, 6.45) is 4.61. The molecule has 0 aliphatic rings. The number of hydrogen-bond donors (Lipinski definition) is 1. The lowest BCUT2D eigenvalue weighted by Crippen LogP contribution is -2.29. The zero-order valence-corrected chi connectivity index (χ0v) is 16.1. The second-order valence-electron chi connectivity index (χ2n) is 6.34. The van der Waals surface area contributed by atoms with E-state index >= 15 is 0 Å². The van der Waals surface area contributed by atoms with Crippen LogP contribution in [-0.4, -0.2) is 12.5 Å². The lowest BCUT2D eigenvalue weighted by atomic mass is 9.92. The van der Waals surface area contributed by atoms with Gasteiger partial charge in [-0.05, 0) is 48.2 Å². The first-order valence-corrected chi connectivity index (χ1v) is 9.60. The van der Waals surface area contributed by atoms with Crippen molar-refractivity contribution in [1.82, 2.24) is 5.32 Å². The molecule has 2 aromatic carbocycles. The quantitative estimate of drug-likeness (QED) is 0.532. The number of nitrogens with one attached hydrogen (secondary N) is 1. The highest BCUT2D eigenvalue weighted by molar-refractivity contribution is 6.30. The third-order valence-corrected chi connectivity index (χ3v) is 4.79. The van der Waals surface area contributed by atoms with Crippen molar-refractivity contribution in [3.63, 3.8) is 0 Å². The van der Waals surface area contributed by atoms with Crippen LogP contribution >= 0.6 is 23.2 Å². The molecule has 0 spiro atoms. The first-order valence-electron chi connectivity index (χ1n) is 8.85. The molecule has 1 atom stereocenters. The van der Waals surface area contributed by atoms with E-state index in [1.807, 2.05) is 48.5 Å². The molecule has 4 heteroatoms. The molecule has 2 rings (SSSR count). The molecule has 2 aromatic rings. The minimum atomic E-state index is 0.128. The fraction of sp³-hybridized carbons (Fsp3) is 0.381. The molecule has 0 unspecified atom stereocenters. The van der Waals surface area contributed by atoms with Crippen LogP contribution in [0.15, 0.2) is 48.5 Å². The fourth-order valence-corrected chi connectivity index (χ4v) is 3.06. The van der Waals surface area contributed by atoms with Gasteiger partial charge in [0.25, 0.3) is 0 Å². The second-order valence-corrected chi connectivity index (χ2v) is 7.21. The molecule has 0 aromatic heterocycles. The van der Waals surface area contributed by atoms with Gasteiger partial charge in [-0.2, -0.15) is 0 Å². The Hall–Kier alpha value is -1.51. The predicted octanol–water partition coefficient (Wildman–Crippen LogP) is 6.02. The smallest absolute Gasteiger partial charge is 0.220 e. The Balaban J connectivity index is 2.02. The molecule has 0 fully saturated rings. The molecule has 0 aliphatic heterocycles. The molecule has 2 nitrogen and oxygen atoms in total. The van der Waals surface area contributed by atoms with Gasteiger partial charge in [0.2, 0.25) is 5.91 Å². The summed E-state index contributed by atoms with van der Waals surface area (Å²) in [5, 5.41) is 4.54. The summed E-state index contributed by atoms with van der Waals surface area (Å²) < 4.78 is 0. The summed E-state index contributed by atoms with van der Waals surface area (Å²) in [5.41, 5.74) is 2.37. The number of benzene rings is 2. The van der Waals surface area contributed by atoms with Crippen LogP contribution in [-0.2, 0) is 11.2 Å². The van der Waals surface area contributed by atoms with Crippen LogP contribution in [0.25, 0.3) is 0 Å². The van der Waals surface area contributed by atoms with Crippen molar-refractivity contribution in [3.8, 4) is 0 Å². The van der Waals surface area contributed by atoms with Crippen LogP contribution < -0.4 is 5.32 Å². The van der Waals surface area contributed by atoms with Crippen molar-refractivity contribution in [3.05, 3.63) is 69.7 Å². The SMILES string of the molecule is CCCCCC(=O)NC[C@H](Cc1ccc(Cl)cc1)c1ccc(Cl)cc1. The van der Waals surface area contributed by atoms with Gasteiger partial charge in [0.05, 0.1) is 0 Å². The average Bonchev–Trinajstić information content (AvgIpc) is 2.61. The Morgan fingerprint density at radius 1 is 0.960 bits per heavy atom. The minimum Gasteiger partial charge on any atom is -0.355 e. The third-order valence-electron chi connectivity index (χ3n) is 4.29. The fourth-order valence-electron chi connectivity index (χ4n) is 2.81. The van der Waals surface area contributed by atoms with Gasteiger partial charge in [-0.25, -0.2) is 0 Å². The van der Waals surface area contributed by atoms with E-state index in [2.05, 4.69) is 12.2 Å². The number of carbonyl (C=O) groups excluding carboxylic acids is 1. The minimum absolute atomic E-state index is 0.128. The van der Waals surface area contributed by atoms with Crippen LogP contribution in [0.4, 0.5) is 0 Å². The summed E-state index contributed by atoms with van der Waals surface area (Å²) in [6, 6.07) is 15.7. The van der Waals surface area contributed by atoms with Gasteiger partial charge >= 0.3 is 0 Å². The molecule has 0 saturated carbocycles. The number of amides is 1. The van der Waals surface area contributed by atoms with Gasteiger partial charge in [0, 0.05) is 28.9 Å². The molecule has 0 heterocycles. The first kappa shape index (κ1) is 19.8. The van der Waals surface area contributed by atoms with Crippen LogP contribution in [0.1, 0.15) is 49.7 Å². The summed E-state index contributed by atoms with van der Waals surface area (Å²) in [7, 11) is 0. The molecule has 0 aliphatic carbocycles. The Bertz CT molecular complexity index is 653. The Morgan fingerprint density at radius 2 is 1.56 bits per heavy atom. The Kier molecular flexibility index (Phi) is 8.30. The molecule has 0 radical (unpaired) electrons. The molecule has 0 bridgehead atoms. The molecule has 1 amide bonds. The number of halogens is 2. The summed E-state index contributed by atoms with van der Waals surface area (Å²) in [4.78, 5) is 12.1. The van der Waals surface area contributed by atoms with E-state index < -0.39 is 0 Å². The van der Waals surface area contributed by atoms with Crippen molar-refractivity contribution in [1.29, 1.82) is 0 Å². The van der Waals surface area contributed by atoms with Crippen molar-refractivity contribution in [2.45, 2.75) is 44.9 Å². The van der Waals surface area contributed by atoms with Gasteiger partial charge in [0.1, 0.15) is 0 Å². The van der Waals surface area contributed by atoms with Gasteiger partial charge in [-0.15, -0.1) is 0 Å². The number of unbranched alkanes of at least 4 members (excludes halogenated alkanes) is 2. The number of rotatable bonds is 9. The maximum atomic E-state index is 12.1. The van der Waals surface area contributed by atoms with Gasteiger partial charge in [-0.1, -0.05) is 67.2 Å². The standard InChI is InChI=1S/C21H25Cl2NO/c1-2-3-4-5-21(25)24-15-18(17-8-12-20(23)13-9-17)14-16-6-10-19(22)11-7-16/h6-13,18H,2-5,14-15H2,1H3,(H,24,25)/t18-/m0/s1. The van der Waals surface area contributed by atoms with Crippen molar-refractivity contribution < 1.29 is 4.79 Å². The Labute approximate surface area is 160 Å². The van der Waals surface area contributed by atoms with E-state index in [1.165, 1.54) is 11.1 Å². The van der Waals surface area contributed by atoms with Gasteiger partial charge in [-0.3, -0.25) is 4.79 Å². The van der Waals surface area contributed by atoms with E-state index in [1.54, 1.807) is 0 Å². The highest BCUT2D eigenvalue weighted by atomic mass is 35.5. The van der Waals surface area contributed by atoms with E-state index in [0.717, 1.165) is 35.7 Å². The molecular weight excluding hydrogens is 353 g/mol. The monoisotopic (exact) mass is 377 g/mol. The van der Waals surface area contributed by atoms with E-state index in [9.17, 15) is 4.79 Å². The maximum Gasteiger partial charge on any atom is 0.220 e. The second kappa shape index (κ2) is 10.5. The topological polar surface area (TPSA) is 29.1 Å². The highest BCUT2D eigenvalue weighted by Gasteiger charge is 2.14. The Morgan fingerprint density at radius 3 is 2.16 bits per heavy atom. The molecule has 25 heavy (non-hydrogen) atoms. The van der Waals surface area contributed by atoms with Crippen LogP contribution in [0.3, 0.4) is 0 Å². The third kappa shape index (κ3) is 7.09. The lowest BCUT2D eigenvalue weighted by Gasteiger charge is -2.19. The van der Waals surface area contributed by atoms with Crippen molar-refractivity contribution >= 4 is 29.1 Å². The van der Waals surface area contributed by atoms with Gasteiger partial charge in [0.15, 0.2) is 0 Å².